The lowest BCUT2D eigenvalue weighted by atomic mass is 10.1. The normalized spacial score (nSPS) is 16.5. The quantitative estimate of drug-likeness (QED) is 0.829. The summed E-state index contributed by atoms with van der Waals surface area (Å²) in [5, 5.41) is 15.5. The maximum atomic E-state index is 12.1. The van der Waals surface area contributed by atoms with Gasteiger partial charge in [-0.15, -0.1) is 11.3 Å². The van der Waals surface area contributed by atoms with Crippen molar-refractivity contribution in [3.05, 3.63) is 35.2 Å². The lowest BCUT2D eigenvalue weighted by Gasteiger charge is -2.17. The number of amides is 4. The number of aliphatic hydroxyl groups excluding tert-OH is 1. The van der Waals surface area contributed by atoms with Gasteiger partial charge in [-0.3, -0.25) is 0 Å². The van der Waals surface area contributed by atoms with Crippen molar-refractivity contribution in [2.24, 2.45) is 0 Å². The Morgan fingerprint density at radius 1 is 1.36 bits per heavy atom. The number of hydrogen-bond donors (Lipinski definition) is 2. The van der Waals surface area contributed by atoms with E-state index < -0.39 is 28.2 Å². The van der Waals surface area contributed by atoms with E-state index in [4.69, 9.17) is 0 Å². The number of nitrogens with one attached hydrogen (secondary N) is 1. The minimum absolute atomic E-state index is 0.0186. The number of sulfonamides is 1. The molecule has 1 aromatic heterocycles. The van der Waals surface area contributed by atoms with Crippen molar-refractivity contribution in [2.75, 3.05) is 25.9 Å². The molecule has 3 rings (SSSR count). The Kier molecular flexibility index (Phi) is 4.67. The maximum Gasteiger partial charge on any atom is 0.341 e. The highest BCUT2D eigenvalue weighted by atomic mass is 32.2. The summed E-state index contributed by atoms with van der Waals surface area (Å²) in [5.41, 5.74) is 0.700. The monoisotopic (exact) mass is 383 g/mol. The summed E-state index contributed by atoms with van der Waals surface area (Å²) in [5.74, 6) is 0. The van der Waals surface area contributed by atoms with E-state index in [0.29, 0.717) is 9.87 Å². The molecule has 1 atom stereocenters. The van der Waals surface area contributed by atoms with E-state index in [1.54, 1.807) is 0 Å². The number of carbonyl (C=O) groups is 2. The van der Waals surface area contributed by atoms with E-state index in [0.717, 1.165) is 21.2 Å². The Hall–Kier alpha value is -2.17. The second-order valence-corrected chi connectivity index (χ2v) is 8.48. The fourth-order valence-corrected chi connectivity index (χ4v) is 4.46. The summed E-state index contributed by atoms with van der Waals surface area (Å²) < 4.78 is 24.6. The molecule has 1 fully saturated rings. The van der Waals surface area contributed by atoms with Gasteiger partial charge in [0.15, 0.2) is 0 Å². The zero-order chi connectivity index (χ0) is 18.2. The van der Waals surface area contributed by atoms with Crippen LogP contribution >= 0.6 is 11.3 Å². The van der Waals surface area contributed by atoms with E-state index >= 15 is 0 Å². The minimum Gasteiger partial charge on any atom is -0.387 e. The first-order chi connectivity index (χ1) is 11.8. The maximum absolute atomic E-state index is 12.1. The smallest absolute Gasteiger partial charge is 0.341 e. The molecule has 10 heteroatoms. The molecule has 1 aromatic carbocycles. The molecule has 1 aliphatic rings. The standard InChI is InChI=1S/C15H17N3O5S2/c1-25(22,23)18-7-6-17(15(18)21)14(20)16-8-12(19)11-9-24-13-5-3-2-4-10(11)13/h2-5,9,12,19H,6-8H2,1H3,(H,16,20). The predicted molar refractivity (Wildman–Crippen MR) is 93.8 cm³/mol. The third kappa shape index (κ3) is 3.46. The molecule has 1 saturated heterocycles. The lowest BCUT2D eigenvalue weighted by Crippen LogP contribution is -2.44. The van der Waals surface area contributed by atoms with Gasteiger partial charge in [0.2, 0.25) is 10.0 Å². The molecule has 2 aromatic rings. The van der Waals surface area contributed by atoms with Crippen LogP contribution in [0.2, 0.25) is 0 Å². The number of fused-ring (bicyclic) bond motifs is 1. The van der Waals surface area contributed by atoms with E-state index in [1.807, 2.05) is 29.6 Å². The Bertz CT molecular complexity index is 924. The van der Waals surface area contributed by atoms with Crippen LogP contribution in [0, 0.1) is 0 Å². The van der Waals surface area contributed by atoms with Gasteiger partial charge >= 0.3 is 12.1 Å². The van der Waals surface area contributed by atoms with Gasteiger partial charge in [-0.2, -0.15) is 0 Å². The summed E-state index contributed by atoms with van der Waals surface area (Å²) in [6.07, 6.45) is -0.0126. The molecule has 4 amide bonds. The van der Waals surface area contributed by atoms with Gasteiger partial charge in [0.05, 0.1) is 25.4 Å². The number of hydrogen-bond acceptors (Lipinski definition) is 6. The van der Waals surface area contributed by atoms with Crippen LogP contribution in [0.1, 0.15) is 11.7 Å². The van der Waals surface area contributed by atoms with Gasteiger partial charge in [-0.25, -0.2) is 27.2 Å². The number of rotatable bonds is 4. The summed E-state index contributed by atoms with van der Waals surface area (Å²) in [7, 11) is -3.70. The fraction of sp³-hybridized carbons (Fsp3) is 0.333. The van der Waals surface area contributed by atoms with E-state index in [9.17, 15) is 23.1 Å². The number of benzene rings is 1. The highest BCUT2D eigenvalue weighted by Gasteiger charge is 2.38. The van der Waals surface area contributed by atoms with Gasteiger partial charge in [0.25, 0.3) is 0 Å². The zero-order valence-electron chi connectivity index (χ0n) is 13.4. The third-order valence-corrected chi connectivity index (χ3v) is 6.05. The Morgan fingerprint density at radius 2 is 2.08 bits per heavy atom. The molecule has 0 spiro atoms. The van der Waals surface area contributed by atoms with Crippen molar-refractivity contribution in [3.63, 3.8) is 0 Å². The average molecular weight is 383 g/mol. The molecular weight excluding hydrogens is 366 g/mol. The molecule has 2 heterocycles. The van der Waals surface area contributed by atoms with Gasteiger partial charge in [-0.05, 0) is 16.8 Å². The first-order valence-corrected chi connectivity index (χ1v) is 10.2. The van der Waals surface area contributed by atoms with Gasteiger partial charge in [0, 0.05) is 16.8 Å². The highest BCUT2D eigenvalue weighted by molar-refractivity contribution is 7.88. The Balaban J connectivity index is 1.64. The largest absolute Gasteiger partial charge is 0.387 e. The summed E-state index contributed by atoms with van der Waals surface area (Å²) >= 11 is 1.49. The second kappa shape index (κ2) is 6.62. The van der Waals surface area contributed by atoms with E-state index in [2.05, 4.69) is 5.32 Å². The van der Waals surface area contributed by atoms with Crippen LogP contribution in [0.4, 0.5) is 9.59 Å². The summed E-state index contributed by atoms with van der Waals surface area (Å²) in [6.45, 7) is -0.166. The SMILES string of the molecule is CS(=O)(=O)N1CCN(C(=O)NCC(O)c2csc3ccccc23)C1=O. The molecule has 2 N–H and O–H groups in total. The fourth-order valence-electron chi connectivity index (χ4n) is 2.66. The molecule has 25 heavy (non-hydrogen) atoms. The van der Waals surface area contributed by atoms with Crippen molar-refractivity contribution in [3.8, 4) is 0 Å². The van der Waals surface area contributed by atoms with E-state index in [1.165, 1.54) is 11.3 Å². The molecule has 0 aliphatic carbocycles. The number of imide groups is 1. The molecule has 1 aliphatic heterocycles. The first kappa shape index (κ1) is 17.6. The minimum atomic E-state index is -3.70. The molecule has 0 bridgehead atoms. The number of urea groups is 2. The Labute approximate surface area is 148 Å². The molecule has 1 unspecified atom stereocenters. The average Bonchev–Trinajstić information content (AvgIpc) is 3.15. The van der Waals surface area contributed by atoms with Crippen molar-refractivity contribution < 1.29 is 23.1 Å². The van der Waals surface area contributed by atoms with Crippen LogP contribution in [0.3, 0.4) is 0 Å². The van der Waals surface area contributed by atoms with Crippen LogP contribution < -0.4 is 5.32 Å². The molecule has 8 nitrogen and oxygen atoms in total. The van der Waals surface area contributed by atoms with Crippen molar-refractivity contribution >= 4 is 43.5 Å². The Morgan fingerprint density at radius 3 is 2.76 bits per heavy atom. The third-order valence-electron chi connectivity index (χ3n) is 3.93. The van der Waals surface area contributed by atoms with Crippen LogP contribution in [-0.4, -0.2) is 60.7 Å². The number of aliphatic hydroxyl groups is 1. The molecule has 0 radical (unpaired) electrons. The molecular formula is C15H17N3O5S2. The second-order valence-electron chi connectivity index (χ2n) is 5.66. The first-order valence-electron chi connectivity index (χ1n) is 7.50. The topological polar surface area (TPSA) is 107 Å². The highest BCUT2D eigenvalue weighted by Crippen LogP contribution is 2.29. The summed E-state index contributed by atoms with van der Waals surface area (Å²) in [6, 6.07) is 6.00. The zero-order valence-corrected chi connectivity index (χ0v) is 15.0. The number of nitrogens with zero attached hydrogens (tertiary/aromatic N) is 2. The number of thiophene rings is 1. The number of carbonyl (C=O) groups excluding carboxylic acids is 2. The van der Waals surface area contributed by atoms with Crippen LogP contribution in [-0.2, 0) is 10.0 Å². The van der Waals surface area contributed by atoms with Gasteiger partial charge < -0.3 is 10.4 Å². The van der Waals surface area contributed by atoms with Crippen molar-refractivity contribution in [2.45, 2.75) is 6.10 Å². The van der Waals surface area contributed by atoms with Crippen LogP contribution in [0.15, 0.2) is 29.6 Å². The van der Waals surface area contributed by atoms with E-state index in [-0.39, 0.29) is 19.6 Å². The van der Waals surface area contributed by atoms with Gasteiger partial charge in [-0.1, -0.05) is 18.2 Å². The lowest BCUT2D eigenvalue weighted by molar-refractivity contribution is 0.165. The summed E-state index contributed by atoms with van der Waals surface area (Å²) in [4.78, 5) is 24.9. The molecule has 0 saturated carbocycles. The van der Waals surface area contributed by atoms with Crippen LogP contribution in [0.25, 0.3) is 10.1 Å². The molecule has 134 valence electrons. The van der Waals surface area contributed by atoms with Gasteiger partial charge in [0.1, 0.15) is 0 Å². The van der Waals surface area contributed by atoms with Crippen LogP contribution in [0.5, 0.6) is 0 Å². The van der Waals surface area contributed by atoms with Crippen molar-refractivity contribution in [1.82, 2.24) is 14.5 Å². The van der Waals surface area contributed by atoms with Crippen molar-refractivity contribution in [1.29, 1.82) is 0 Å². The predicted octanol–water partition coefficient (Wildman–Crippen LogP) is 1.34.